The Morgan fingerprint density at radius 2 is 1.85 bits per heavy atom. The molecule has 112 valence electrons. The van der Waals surface area contributed by atoms with Crippen molar-refractivity contribution in [2.24, 2.45) is 0 Å². The number of carbonyl (C=O) groups excluding carboxylic acids is 1. The van der Waals surface area contributed by atoms with Crippen LogP contribution in [0.5, 0.6) is 5.75 Å². The monoisotopic (exact) mass is 278 g/mol. The SMILES string of the molecule is CCCC(C)NC(=O)C(C)Nc1ccc(OCC)cc1. The van der Waals surface area contributed by atoms with Gasteiger partial charge in [-0.2, -0.15) is 0 Å². The Morgan fingerprint density at radius 3 is 2.40 bits per heavy atom. The first-order chi connectivity index (χ1) is 9.56. The number of hydrogen-bond donors (Lipinski definition) is 2. The van der Waals surface area contributed by atoms with Crippen molar-refractivity contribution >= 4 is 11.6 Å². The second-order valence-corrected chi connectivity index (χ2v) is 5.02. The molecule has 0 bridgehead atoms. The van der Waals surface area contributed by atoms with Crippen LogP contribution in [-0.4, -0.2) is 24.6 Å². The van der Waals surface area contributed by atoms with E-state index in [1.165, 1.54) is 0 Å². The summed E-state index contributed by atoms with van der Waals surface area (Å²) < 4.78 is 5.39. The number of rotatable bonds is 8. The van der Waals surface area contributed by atoms with E-state index in [1.807, 2.05) is 45.0 Å². The zero-order chi connectivity index (χ0) is 15.0. The molecule has 0 saturated carbocycles. The molecule has 0 spiro atoms. The van der Waals surface area contributed by atoms with Gasteiger partial charge in [-0.05, 0) is 51.5 Å². The highest BCUT2D eigenvalue weighted by atomic mass is 16.5. The molecule has 4 heteroatoms. The molecule has 0 saturated heterocycles. The zero-order valence-electron chi connectivity index (χ0n) is 12.9. The first kappa shape index (κ1) is 16.3. The smallest absolute Gasteiger partial charge is 0.242 e. The molecule has 0 heterocycles. The van der Waals surface area contributed by atoms with Crippen molar-refractivity contribution in [3.05, 3.63) is 24.3 Å². The van der Waals surface area contributed by atoms with Gasteiger partial charge in [-0.1, -0.05) is 13.3 Å². The topological polar surface area (TPSA) is 50.4 Å². The third kappa shape index (κ3) is 5.51. The van der Waals surface area contributed by atoms with Gasteiger partial charge in [-0.25, -0.2) is 0 Å². The molecular formula is C16H26N2O2. The number of carbonyl (C=O) groups is 1. The molecule has 0 fully saturated rings. The summed E-state index contributed by atoms with van der Waals surface area (Å²) in [7, 11) is 0. The minimum absolute atomic E-state index is 0.0276. The average molecular weight is 278 g/mol. The molecule has 2 N–H and O–H groups in total. The molecule has 0 aliphatic carbocycles. The fourth-order valence-corrected chi connectivity index (χ4v) is 2.00. The van der Waals surface area contributed by atoms with Gasteiger partial charge in [-0.3, -0.25) is 4.79 Å². The molecule has 2 unspecified atom stereocenters. The van der Waals surface area contributed by atoms with Crippen molar-refractivity contribution in [3.63, 3.8) is 0 Å². The number of ether oxygens (including phenoxy) is 1. The van der Waals surface area contributed by atoms with Crippen molar-refractivity contribution in [2.75, 3.05) is 11.9 Å². The fourth-order valence-electron chi connectivity index (χ4n) is 2.00. The average Bonchev–Trinajstić information content (AvgIpc) is 2.41. The summed E-state index contributed by atoms with van der Waals surface area (Å²) >= 11 is 0. The number of nitrogens with one attached hydrogen (secondary N) is 2. The van der Waals surface area contributed by atoms with Crippen LogP contribution in [0.4, 0.5) is 5.69 Å². The molecule has 1 aromatic rings. The van der Waals surface area contributed by atoms with E-state index in [0.717, 1.165) is 24.3 Å². The fraction of sp³-hybridized carbons (Fsp3) is 0.562. The van der Waals surface area contributed by atoms with Crippen molar-refractivity contribution in [3.8, 4) is 5.75 Å². The van der Waals surface area contributed by atoms with Gasteiger partial charge >= 0.3 is 0 Å². The van der Waals surface area contributed by atoms with Crippen LogP contribution in [0.25, 0.3) is 0 Å². The lowest BCUT2D eigenvalue weighted by atomic mass is 10.2. The standard InChI is InChI=1S/C16H26N2O2/c1-5-7-12(3)17-16(19)13(4)18-14-8-10-15(11-9-14)20-6-2/h8-13,18H,5-7H2,1-4H3,(H,17,19). The Labute approximate surface area is 121 Å². The van der Waals surface area contributed by atoms with Crippen LogP contribution in [0, 0.1) is 0 Å². The van der Waals surface area contributed by atoms with Crippen molar-refractivity contribution < 1.29 is 9.53 Å². The van der Waals surface area contributed by atoms with Crippen LogP contribution in [0.2, 0.25) is 0 Å². The van der Waals surface area contributed by atoms with E-state index in [-0.39, 0.29) is 18.0 Å². The van der Waals surface area contributed by atoms with E-state index >= 15 is 0 Å². The number of anilines is 1. The van der Waals surface area contributed by atoms with E-state index in [9.17, 15) is 4.79 Å². The Morgan fingerprint density at radius 1 is 1.20 bits per heavy atom. The molecule has 0 aliphatic rings. The largest absolute Gasteiger partial charge is 0.494 e. The van der Waals surface area contributed by atoms with Gasteiger partial charge < -0.3 is 15.4 Å². The van der Waals surface area contributed by atoms with Crippen LogP contribution < -0.4 is 15.4 Å². The molecule has 1 aromatic carbocycles. The van der Waals surface area contributed by atoms with E-state index in [1.54, 1.807) is 0 Å². The Hall–Kier alpha value is -1.71. The van der Waals surface area contributed by atoms with Gasteiger partial charge in [0.2, 0.25) is 5.91 Å². The van der Waals surface area contributed by atoms with E-state index in [4.69, 9.17) is 4.74 Å². The highest BCUT2D eigenvalue weighted by molar-refractivity contribution is 5.84. The summed E-state index contributed by atoms with van der Waals surface area (Å²) in [5.41, 5.74) is 0.916. The van der Waals surface area contributed by atoms with Gasteiger partial charge in [0.1, 0.15) is 11.8 Å². The maximum absolute atomic E-state index is 12.0. The Balaban J connectivity index is 2.48. The number of benzene rings is 1. The van der Waals surface area contributed by atoms with Crippen LogP contribution in [0.3, 0.4) is 0 Å². The van der Waals surface area contributed by atoms with Gasteiger partial charge in [-0.15, -0.1) is 0 Å². The summed E-state index contributed by atoms with van der Waals surface area (Å²) in [6, 6.07) is 7.60. The number of amides is 1. The van der Waals surface area contributed by atoms with Gasteiger partial charge in [0.05, 0.1) is 6.61 Å². The molecule has 0 radical (unpaired) electrons. The predicted molar refractivity (Wildman–Crippen MR) is 83.2 cm³/mol. The van der Waals surface area contributed by atoms with Crippen LogP contribution in [-0.2, 0) is 4.79 Å². The maximum Gasteiger partial charge on any atom is 0.242 e. The minimum atomic E-state index is -0.257. The maximum atomic E-state index is 12.0. The van der Waals surface area contributed by atoms with Crippen LogP contribution in [0.15, 0.2) is 24.3 Å². The molecule has 20 heavy (non-hydrogen) atoms. The first-order valence-corrected chi connectivity index (χ1v) is 7.36. The Kier molecular flexibility index (Phi) is 6.91. The quantitative estimate of drug-likeness (QED) is 0.768. The lowest BCUT2D eigenvalue weighted by molar-refractivity contribution is -0.122. The van der Waals surface area contributed by atoms with Gasteiger partial charge in [0.25, 0.3) is 0 Å². The van der Waals surface area contributed by atoms with Crippen molar-refractivity contribution in [1.82, 2.24) is 5.32 Å². The predicted octanol–water partition coefficient (Wildman–Crippen LogP) is 3.19. The Bertz CT molecular complexity index is 403. The molecule has 1 rings (SSSR count). The summed E-state index contributed by atoms with van der Waals surface area (Å²) in [5.74, 6) is 0.867. The third-order valence-electron chi connectivity index (χ3n) is 3.05. The molecule has 0 aliphatic heterocycles. The lowest BCUT2D eigenvalue weighted by Gasteiger charge is -2.19. The summed E-state index contributed by atoms with van der Waals surface area (Å²) in [6.07, 6.45) is 2.07. The first-order valence-electron chi connectivity index (χ1n) is 7.36. The third-order valence-corrected chi connectivity index (χ3v) is 3.05. The minimum Gasteiger partial charge on any atom is -0.494 e. The summed E-state index contributed by atoms with van der Waals surface area (Å²) in [4.78, 5) is 12.0. The molecule has 4 nitrogen and oxygen atoms in total. The molecule has 0 aromatic heterocycles. The lowest BCUT2D eigenvalue weighted by Crippen LogP contribution is -2.42. The van der Waals surface area contributed by atoms with E-state index in [0.29, 0.717) is 6.61 Å². The van der Waals surface area contributed by atoms with Crippen LogP contribution >= 0.6 is 0 Å². The second kappa shape index (κ2) is 8.46. The van der Waals surface area contributed by atoms with Crippen molar-refractivity contribution in [1.29, 1.82) is 0 Å². The summed E-state index contributed by atoms with van der Waals surface area (Å²) in [5, 5.41) is 6.20. The highest BCUT2D eigenvalue weighted by Crippen LogP contribution is 2.16. The molecule has 2 atom stereocenters. The zero-order valence-corrected chi connectivity index (χ0v) is 12.9. The van der Waals surface area contributed by atoms with E-state index < -0.39 is 0 Å². The van der Waals surface area contributed by atoms with Gasteiger partial charge in [0, 0.05) is 11.7 Å². The van der Waals surface area contributed by atoms with E-state index in [2.05, 4.69) is 17.6 Å². The molecular weight excluding hydrogens is 252 g/mol. The second-order valence-electron chi connectivity index (χ2n) is 5.02. The van der Waals surface area contributed by atoms with Crippen molar-refractivity contribution in [2.45, 2.75) is 52.6 Å². The highest BCUT2D eigenvalue weighted by Gasteiger charge is 2.14. The molecule has 1 amide bonds. The van der Waals surface area contributed by atoms with Crippen LogP contribution in [0.1, 0.15) is 40.5 Å². The normalized spacial score (nSPS) is 13.4. The number of hydrogen-bond acceptors (Lipinski definition) is 3. The summed E-state index contributed by atoms with van der Waals surface area (Å²) in [6.45, 7) is 8.62. The van der Waals surface area contributed by atoms with Gasteiger partial charge in [0.15, 0.2) is 0 Å².